The van der Waals surface area contributed by atoms with Crippen molar-refractivity contribution >= 4 is 21.7 Å². The Morgan fingerprint density at radius 3 is 2.67 bits per heavy atom. The van der Waals surface area contributed by atoms with Gasteiger partial charge < -0.3 is 0 Å². The first-order valence-corrected chi connectivity index (χ1v) is 6.13. The van der Waals surface area contributed by atoms with Crippen molar-refractivity contribution in [3.63, 3.8) is 0 Å². The van der Waals surface area contributed by atoms with Crippen LogP contribution in [0.5, 0.6) is 0 Å². The van der Waals surface area contributed by atoms with Gasteiger partial charge in [-0.3, -0.25) is 4.79 Å². The number of halogens is 1. The molecule has 0 fully saturated rings. The highest BCUT2D eigenvalue weighted by molar-refractivity contribution is 9.09. The molecule has 2 heteroatoms. The average Bonchev–Trinajstić information content (AvgIpc) is 2.29. The Morgan fingerprint density at radius 1 is 1.27 bits per heavy atom. The van der Waals surface area contributed by atoms with E-state index in [1.54, 1.807) is 0 Å². The first kappa shape index (κ1) is 10.6. The normalized spacial score (nSPS) is 20.9. The Morgan fingerprint density at radius 2 is 2.00 bits per heavy atom. The summed E-state index contributed by atoms with van der Waals surface area (Å²) in [6.45, 7) is 0. The van der Waals surface area contributed by atoms with Crippen LogP contribution in [0.4, 0.5) is 0 Å². The molecule has 0 saturated heterocycles. The highest BCUT2D eigenvalue weighted by Crippen LogP contribution is 2.25. The zero-order valence-corrected chi connectivity index (χ0v) is 10.0. The fourth-order valence-corrected chi connectivity index (χ4v) is 2.48. The van der Waals surface area contributed by atoms with Crippen LogP contribution in [0.15, 0.2) is 42.0 Å². The van der Waals surface area contributed by atoms with E-state index in [0.717, 1.165) is 30.4 Å². The predicted octanol–water partition coefficient (Wildman–Crippen LogP) is 3.74. The van der Waals surface area contributed by atoms with E-state index in [4.69, 9.17) is 0 Å². The maximum absolute atomic E-state index is 12.1. The first-order chi connectivity index (χ1) is 7.27. The molecule has 1 aliphatic rings. The third-order valence-corrected chi connectivity index (χ3v) is 3.36. The van der Waals surface area contributed by atoms with E-state index in [-0.39, 0.29) is 5.78 Å². The molecule has 78 valence electrons. The Kier molecular flexibility index (Phi) is 3.37. The van der Waals surface area contributed by atoms with Crippen LogP contribution in [0.2, 0.25) is 0 Å². The fraction of sp³-hybridized carbons (Fsp3) is 0.308. The van der Waals surface area contributed by atoms with Gasteiger partial charge >= 0.3 is 0 Å². The second-order valence-electron chi connectivity index (χ2n) is 3.80. The second-order valence-corrected chi connectivity index (χ2v) is 4.97. The SMILES string of the molecule is O=C(C1=CC(Br)CCC1)c1ccccc1. The minimum Gasteiger partial charge on any atom is -0.289 e. The summed E-state index contributed by atoms with van der Waals surface area (Å²) in [6, 6.07) is 9.49. The molecule has 0 heterocycles. The number of hydrogen-bond acceptors (Lipinski definition) is 1. The lowest BCUT2D eigenvalue weighted by molar-refractivity contribution is 0.102. The highest BCUT2D eigenvalue weighted by atomic mass is 79.9. The van der Waals surface area contributed by atoms with Crippen molar-refractivity contribution in [3.8, 4) is 0 Å². The molecule has 1 nitrogen and oxygen atoms in total. The van der Waals surface area contributed by atoms with Crippen molar-refractivity contribution in [1.29, 1.82) is 0 Å². The lowest BCUT2D eigenvalue weighted by Gasteiger charge is -2.15. The molecule has 0 bridgehead atoms. The van der Waals surface area contributed by atoms with Gasteiger partial charge in [0.25, 0.3) is 0 Å². The maximum Gasteiger partial charge on any atom is 0.188 e. The van der Waals surface area contributed by atoms with E-state index in [2.05, 4.69) is 22.0 Å². The quantitative estimate of drug-likeness (QED) is 0.588. The topological polar surface area (TPSA) is 17.1 Å². The van der Waals surface area contributed by atoms with Crippen LogP contribution in [0.1, 0.15) is 29.6 Å². The Hall–Kier alpha value is -0.890. The molecule has 1 unspecified atom stereocenters. The van der Waals surface area contributed by atoms with Crippen molar-refractivity contribution in [1.82, 2.24) is 0 Å². The number of benzene rings is 1. The molecular weight excluding hydrogens is 252 g/mol. The van der Waals surface area contributed by atoms with Crippen molar-refractivity contribution < 1.29 is 4.79 Å². The number of allylic oxidation sites excluding steroid dienone is 2. The van der Waals surface area contributed by atoms with Crippen molar-refractivity contribution in [2.24, 2.45) is 0 Å². The molecule has 0 N–H and O–H groups in total. The number of carbonyl (C=O) groups is 1. The Labute approximate surface area is 98.3 Å². The molecule has 2 rings (SSSR count). The second kappa shape index (κ2) is 4.75. The van der Waals surface area contributed by atoms with Crippen LogP contribution in [-0.2, 0) is 0 Å². The van der Waals surface area contributed by atoms with Gasteiger partial charge in [0.15, 0.2) is 5.78 Å². The van der Waals surface area contributed by atoms with Gasteiger partial charge in [-0.1, -0.05) is 52.3 Å². The van der Waals surface area contributed by atoms with Crippen LogP contribution >= 0.6 is 15.9 Å². The van der Waals surface area contributed by atoms with Crippen LogP contribution < -0.4 is 0 Å². The summed E-state index contributed by atoms with van der Waals surface area (Å²) in [5.41, 5.74) is 1.75. The summed E-state index contributed by atoms with van der Waals surface area (Å²) < 4.78 is 0. The summed E-state index contributed by atoms with van der Waals surface area (Å²) in [5.74, 6) is 0.180. The molecule has 0 radical (unpaired) electrons. The van der Waals surface area contributed by atoms with Crippen LogP contribution in [0.25, 0.3) is 0 Å². The lowest BCUT2D eigenvalue weighted by Crippen LogP contribution is -2.10. The monoisotopic (exact) mass is 264 g/mol. The molecule has 0 amide bonds. The van der Waals surface area contributed by atoms with Gasteiger partial charge in [0.05, 0.1) is 0 Å². The van der Waals surface area contributed by atoms with Crippen molar-refractivity contribution in [3.05, 3.63) is 47.5 Å². The molecule has 1 aromatic carbocycles. The number of alkyl halides is 1. The molecule has 0 aromatic heterocycles. The van der Waals surface area contributed by atoms with E-state index < -0.39 is 0 Å². The number of ketones is 1. The minimum absolute atomic E-state index is 0.180. The van der Waals surface area contributed by atoms with E-state index >= 15 is 0 Å². The van der Waals surface area contributed by atoms with E-state index in [1.165, 1.54) is 0 Å². The summed E-state index contributed by atoms with van der Waals surface area (Å²) >= 11 is 3.54. The lowest BCUT2D eigenvalue weighted by atomic mass is 9.93. The third-order valence-electron chi connectivity index (χ3n) is 2.64. The minimum atomic E-state index is 0.180. The Balaban J connectivity index is 2.22. The zero-order chi connectivity index (χ0) is 10.7. The zero-order valence-electron chi connectivity index (χ0n) is 8.45. The molecule has 15 heavy (non-hydrogen) atoms. The summed E-state index contributed by atoms with van der Waals surface area (Å²) in [6.07, 6.45) is 5.19. The standard InChI is InChI=1S/C13H13BrO/c14-12-8-4-7-11(9-12)13(15)10-5-2-1-3-6-10/h1-3,5-6,9,12H,4,7-8H2. The van der Waals surface area contributed by atoms with Crippen LogP contribution in [0.3, 0.4) is 0 Å². The number of rotatable bonds is 2. The predicted molar refractivity (Wildman–Crippen MR) is 65.4 cm³/mol. The summed E-state index contributed by atoms with van der Waals surface area (Å²) in [7, 11) is 0. The molecule has 1 aliphatic carbocycles. The molecule has 0 spiro atoms. The van der Waals surface area contributed by atoms with Crippen molar-refractivity contribution in [2.45, 2.75) is 24.1 Å². The smallest absolute Gasteiger partial charge is 0.188 e. The molecule has 0 saturated carbocycles. The summed E-state index contributed by atoms with van der Waals surface area (Å²) in [4.78, 5) is 12.4. The molecule has 0 aliphatic heterocycles. The average molecular weight is 265 g/mol. The van der Waals surface area contributed by atoms with Crippen molar-refractivity contribution in [2.75, 3.05) is 0 Å². The Bertz CT molecular complexity index is 381. The van der Waals surface area contributed by atoms with Gasteiger partial charge in [0.1, 0.15) is 0 Å². The summed E-state index contributed by atoms with van der Waals surface area (Å²) in [5, 5.41) is 0. The van der Waals surface area contributed by atoms with Crippen LogP contribution in [-0.4, -0.2) is 10.6 Å². The van der Waals surface area contributed by atoms with E-state index in [1.807, 2.05) is 30.3 Å². The fourth-order valence-electron chi connectivity index (χ4n) is 1.84. The molecule has 1 atom stereocenters. The van der Waals surface area contributed by atoms with E-state index in [9.17, 15) is 4.79 Å². The maximum atomic E-state index is 12.1. The van der Waals surface area contributed by atoms with Gasteiger partial charge in [0.2, 0.25) is 0 Å². The van der Waals surface area contributed by atoms with Gasteiger partial charge in [0, 0.05) is 10.4 Å². The molecule has 1 aromatic rings. The van der Waals surface area contributed by atoms with Crippen LogP contribution in [0, 0.1) is 0 Å². The van der Waals surface area contributed by atoms with E-state index in [0.29, 0.717) is 4.83 Å². The third kappa shape index (κ3) is 2.57. The largest absolute Gasteiger partial charge is 0.289 e. The number of hydrogen-bond donors (Lipinski definition) is 0. The molecular formula is C13H13BrO. The van der Waals surface area contributed by atoms with Gasteiger partial charge in [-0.15, -0.1) is 0 Å². The highest BCUT2D eigenvalue weighted by Gasteiger charge is 2.17. The van der Waals surface area contributed by atoms with Gasteiger partial charge in [-0.05, 0) is 24.8 Å². The first-order valence-electron chi connectivity index (χ1n) is 5.22. The number of carbonyl (C=O) groups excluding carboxylic acids is 1. The number of Topliss-reactive ketones (excluding diaryl/α,β-unsaturated/α-hetero) is 1. The van der Waals surface area contributed by atoms with Gasteiger partial charge in [-0.25, -0.2) is 0 Å². The van der Waals surface area contributed by atoms with Gasteiger partial charge in [-0.2, -0.15) is 0 Å².